The average Bonchev–Trinajstić information content (AvgIpc) is 2.03. The van der Waals surface area contributed by atoms with Crippen LogP contribution in [0.3, 0.4) is 0 Å². The second-order valence-corrected chi connectivity index (χ2v) is 1.67. The van der Waals surface area contributed by atoms with Gasteiger partial charge in [-0.1, -0.05) is 0 Å². The summed E-state index contributed by atoms with van der Waals surface area (Å²) >= 11 is 0. The van der Waals surface area contributed by atoms with Crippen molar-refractivity contribution < 1.29 is 9.90 Å². The summed E-state index contributed by atoms with van der Waals surface area (Å²) in [7, 11) is 0. The third-order valence-electron chi connectivity index (χ3n) is 0.888. The summed E-state index contributed by atoms with van der Waals surface area (Å²) < 4.78 is 0. The molecule has 1 aromatic rings. The highest BCUT2D eigenvalue weighted by molar-refractivity contribution is 5.84. The van der Waals surface area contributed by atoms with Crippen LogP contribution >= 0.6 is 0 Å². The normalized spacial score (nSPS) is 10.2. The molecule has 0 fully saturated rings. The van der Waals surface area contributed by atoms with E-state index < -0.39 is 5.97 Å². The maximum absolute atomic E-state index is 10.0. The van der Waals surface area contributed by atoms with Gasteiger partial charge in [0, 0.05) is 6.08 Å². The summed E-state index contributed by atoms with van der Waals surface area (Å²) in [6.07, 6.45) is 4.86. The standard InChI is InChI=1S/C6H5N3O2/c10-6(11)2-1-5-8-3-7-4-9-5/h1-4H,(H,10,11). The minimum Gasteiger partial charge on any atom is -0.478 e. The van der Waals surface area contributed by atoms with Gasteiger partial charge in [0.15, 0.2) is 5.82 Å². The molecule has 0 saturated carbocycles. The Bertz CT molecular complexity index is 270. The monoisotopic (exact) mass is 151 g/mol. The zero-order valence-electron chi connectivity index (χ0n) is 5.51. The first-order valence-electron chi connectivity index (χ1n) is 2.82. The minimum absolute atomic E-state index is 0.336. The number of aromatic nitrogens is 3. The van der Waals surface area contributed by atoms with E-state index in [4.69, 9.17) is 5.11 Å². The average molecular weight is 151 g/mol. The first-order chi connectivity index (χ1) is 5.29. The molecule has 1 heterocycles. The van der Waals surface area contributed by atoms with Crippen molar-refractivity contribution in [1.82, 2.24) is 15.0 Å². The Kier molecular flexibility index (Phi) is 2.27. The molecule has 1 N–H and O–H groups in total. The second-order valence-electron chi connectivity index (χ2n) is 1.67. The fourth-order valence-electron chi connectivity index (χ4n) is 0.480. The zero-order valence-corrected chi connectivity index (χ0v) is 5.51. The molecule has 0 amide bonds. The molecule has 0 aromatic carbocycles. The Labute approximate surface area is 62.5 Å². The molecular formula is C6H5N3O2. The van der Waals surface area contributed by atoms with Gasteiger partial charge in [-0.15, -0.1) is 0 Å². The van der Waals surface area contributed by atoms with E-state index in [1.54, 1.807) is 0 Å². The van der Waals surface area contributed by atoms with Crippen molar-refractivity contribution in [3.63, 3.8) is 0 Å². The van der Waals surface area contributed by atoms with Gasteiger partial charge in [-0.3, -0.25) is 0 Å². The van der Waals surface area contributed by atoms with Crippen molar-refractivity contribution in [2.24, 2.45) is 0 Å². The van der Waals surface area contributed by atoms with Crippen LogP contribution in [0.5, 0.6) is 0 Å². The number of hydrogen-bond acceptors (Lipinski definition) is 4. The molecule has 0 aliphatic carbocycles. The molecule has 0 aliphatic rings. The van der Waals surface area contributed by atoms with Crippen LogP contribution in [0.15, 0.2) is 18.7 Å². The second kappa shape index (κ2) is 3.40. The number of hydrogen-bond donors (Lipinski definition) is 1. The summed E-state index contributed by atoms with van der Waals surface area (Å²) in [5.41, 5.74) is 0. The van der Waals surface area contributed by atoms with Gasteiger partial charge in [0.1, 0.15) is 12.7 Å². The van der Waals surface area contributed by atoms with Crippen molar-refractivity contribution in [3.8, 4) is 0 Å². The van der Waals surface area contributed by atoms with Gasteiger partial charge in [-0.05, 0) is 6.08 Å². The van der Waals surface area contributed by atoms with Crippen LogP contribution < -0.4 is 0 Å². The third kappa shape index (κ3) is 2.53. The van der Waals surface area contributed by atoms with Crippen LogP contribution in [0.4, 0.5) is 0 Å². The largest absolute Gasteiger partial charge is 0.478 e. The number of carbonyl (C=O) groups is 1. The molecule has 5 heteroatoms. The van der Waals surface area contributed by atoms with Crippen molar-refractivity contribution in [1.29, 1.82) is 0 Å². The van der Waals surface area contributed by atoms with Crippen LogP contribution in [0.2, 0.25) is 0 Å². The van der Waals surface area contributed by atoms with E-state index in [9.17, 15) is 4.79 Å². The zero-order chi connectivity index (χ0) is 8.10. The van der Waals surface area contributed by atoms with E-state index in [-0.39, 0.29) is 0 Å². The van der Waals surface area contributed by atoms with E-state index in [0.29, 0.717) is 5.82 Å². The Hall–Kier alpha value is -1.78. The Morgan fingerprint density at radius 1 is 1.45 bits per heavy atom. The highest BCUT2D eigenvalue weighted by atomic mass is 16.4. The van der Waals surface area contributed by atoms with Gasteiger partial charge in [-0.25, -0.2) is 19.7 Å². The van der Waals surface area contributed by atoms with Crippen LogP contribution in [-0.2, 0) is 4.79 Å². The van der Waals surface area contributed by atoms with E-state index in [1.165, 1.54) is 18.7 Å². The molecule has 0 aliphatic heterocycles. The van der Waals surface area contributed by atoms with Crippen LogP contribution in [0.25, 0.3) is 6.08 Å². The van der Waals surface area contributed by atoms with Crippen LogP contribution in [0, 0.1) is 0 Å². The fraction of sp³-hybridized carbons (Fsp3) is 0. The van der Waals surface area contributed by atoms with E-state index in [2.05, 4.69) is 15.0 Å². The summed E-state index contributed by atoms with van der Waals surface area (Å²) in [6.45, 7) is 0. The SMILES string of the molecule is O=C(O)C=Cc1ncncn1. The van der Waals surface area contributed by atoms with E-state index in [1.807, 2.05) is 0 Å². The molecule has 0 atom stereocenters. The number of carboxylic acid groups (broad SMARTS) is 1. The molecule has 0 saturated heterocycles. The molecule has 0 bridgehead atoms. The summed E-state index contributed by atoms with van der Waals surface area (Å²) in [5, 5.41) is 8.22. The van der Waals surface area contributed by atoms with Crippen molar-refractivity contribution in [2.75, 3.05) is 0 Å². The van der Waals surface area contributed by atoms with Gasteiger partial charge in [-0.2, -0.15) is 0 Å². The number of aliphatic carboxylic acids is 1. The van der Waals surface area contributed by atoms with Crippen molar-refractivity contribution in [3.05, 3.63) is 24.6 Å². The van der Waals surface area contributed by atoms with Gasteiger partial charge < -0.3 is 5.11 Å². The lowest BCUT2D eigenvalue weighted by atomic mass is 10.5. The Morgan fingerprint density at radius 3 is 2.64 bits per heavy atom. The molecular weight excluding hydrogens is 146 g/mol. The number of nitrogens with zero attached hydrogens (tertiary/aromatic N) is 3. The molecule has 1 rings (SSSR count). The predicted molar refractivity (Wildman–Crippen MR) is 36.5 cm³/mol. The first-order valence-corrected chi connectivity index (χ1v) is 2.82. The number of rotatable bonds is 2. The lowest BCUT2D eigenvalue weighted by Crippen LogP contribution is -1.90. The molecule has 0 unspecified atom stereocenters. The molecule has 1 aromatic heterocycles. The maximum atomic E-state index is 10.0. The maximum Gasteiger partial charge on any atom is 0.328 e. The molecule has 11 heavy (non-hydrogen) atoms. The molecule has 5 nitrogen and oxygen atoms in total. The van der Waals surface area contributed by atoms with E-state index in [0.717, 1.165) is 6.08 Å². The summed E-state index contributed by atoms with van der Waals surface area (Å²) in [5.74, 6) is -0.687. The fourth-order valence-corrected chi connectivity index (χ4v) is 0.480. The highest BCUT2D eigenvalue weighted by Crippen LogP contribution is 1.88. The summed E-state index contributed by atoms with van der Waals surface area (Å²) in [6, 6.07) is 0. The van der Waals surface area contributed by atoms with Crippen LogP contribution in [-0.4, -0.2) is 26.0 Å². The van der Waals surface area contributed by atoms with Crippen molar-refractivity contribution >= 4 is 12.0 Å². The topological polar surface area (TPSA) is 76.0 Å². The Morgan fingerprint density at radius 2 is 2.09 bits per heavy atom. The first kappa shape index (κ1) is 7.33. The summed E-state index contributed by atoms with van der Waals surface area (Å²) in [4.78, 5) is 20.9. The van der Waals surface area contributed by atoms with Crippen molar-refractivity contribution in [2.45, 2.75) is 0 Å². The van der Waals surface area contributed by atoms with Crippen LogP contribution in [0.1, 0.15) is 5.82 Å². The van der Waals surface area contributed by atoms with Gasteiger partial charge in [0.2, 0.25) is 0 Å². The van der Waals surface area contributed by atoms with E-state index >= 15 is 0 Å². The predicted octanol–water partition coefficient (Wildman–Crippen LogP) is -0.0306. The van der Waals surface area contributed by atoms with Gasteiger partial charge >= 0.3 is 5.97 Å². The smallest absolute Gasteiger partial charge is 0.328 e. The molecule has 56 valence electrons. The quantitative estimate of drug-likeness (QED) is 0.600. The number of carboxylic acids is 1. The lowest BCUT2D eigenvalue weighted by Gasteiger charge is -1.85. The third-order valence-corrected chi connectivity index (χ3v) is 0.888. The molecule has 0 spiro atoms. The lowest BCUT2D eigenvalue weighted by molar-refractivity contribution is -0.131. The highest BCUT2D eigenvalue weighted by Gasteiger charge is 1.88. The molecule has 0 radical (unpaired) electrons. The minimum atomic E-state index is -1.02. The van der Waals surface area contributed by atoms with Gasteiger partial charge in [0.25, 0.3) is 0 Å². The Balaban J connectivity index is 2.72. The van der Waals surface area contributed by atoms with Gasteiger partial charge in [0.05, 0.1) is 0 Å².